The lowest BCUT2D eigenvalue weighted by Crippen LogP contribution is -2.38. The number of rotatable bonds is 13. The summed E-state index contributed by atoms with van der Waals surface area (Å²) >= 11 is 6.85. The van der Waals surface area contributed by atoms with E-state index in [1.807, 2.05) is 45.2 Å². The lowest BCUT2D eigenvalue weighted by atomic mass is 9.87. The summed E-state index contributed by atoms with van der Waals surface area (Å²) in [6, 6.07) is 21.8. The monoisotopic (exact) mass is 1200 g/mol. The maximum atomic E-state index is 13.4. The first-order valence-electron chi connectivity index (χ1n) is 22.9. The highest BCUT2D eigenvalue weighted by molar-refractivity contribution is 9.10. The Morgan fingerprint density at radius 3 is 1.79 bits per heavy atom. The number of aromatic nitrogens is 4. The first-order valence-corrected chi connectivity index (χ1v) is 27.9. The lowest BCUT2D eigenvalue weighted by Gasteiger charge is -2.20. The Morgan fingerprint density at radius 2 is 1.26 bits per heavy atom. The molecule has 2 aliphatic rings. The number of esters is 1. The van der Waals surface area contributed by atoms with Crippen molar-refractivity contribution < 1.29 is 70.0 Å². The Bertz CT molecular complexity index is 3260. The minimum absolute atomic E-state index is 0.0542. The number of Topliss-reactive ketones (excluding diaryl/α,β-unsaturated/α-hetero) is 1. The fourth-order valence-corrected chi connectivity index (χ4v) is 9.31. The number of halogens is 6. The Kier molecular flexibility index (Phi) is 17.2. The highest BCUT2D eigenvalue weighted by Crippen LogP contribution is 2.44. The number of hydrogen-bond acceptors (Lipinski definition) is 13. The molecule has 2 N–H and O–H groups in total. The molecule has 0 aliphatic carbocycles. The molecule has 0 saturated carbocycles. The number of carbonyl (C=O) groups excluding carboxylic acids is 4. The predicted molar refractivity (Wildman–Crippen MR) is 279 cm³/mol. The quantitative estimate of drug-likeness (QED) is 0.0277. The average Bonchev–Trinajstić information content (AvgIpc) is 4.12. The van der Waals surface area contributed by atoms with E-state index in [1.54, 1.807) is 56.9 Å². The molecule has 0 fully saturated rings. The van der Waals surface area contributed by atoms with Crippen LogP contribution in [0.5, 0.6) is 23.0 Å². The Balaban J connectivity index is 0.000000203. The number of aliphatic hydroxyl groups is 1. The number of carbonyl (C=O) groups is 4. The van der Waals surface area contributed by atoms with Gasteiger partial charge in [-0.1, -0.05) is 50.1 Å². The van der Waals surface area contributed by atoms with Crippen molar-refractivity contribution in [1.82, 2.24) is 24.9 Å². The third-order valence-corrected chi connectivity index (χ3v) is 13.7. The summed E-state index contributed by atoms with van der Waals surface area (Å²) in [7, 11) is 4.49. The smallest absolute Gasteiger partial charge is 0.468 e. The van der Waals surface area contributed by atoms with Crippen LogP contribution in [0.3, 0.4) is 0 Å². The van der Waals surface area contributed by atoms with Gasteiger partial charge in [-0.2, -0.15) is 10.2 Å². The molecule has 24 heteroatoms. The number of aliphatic hydroxyl groups excluding tert-OH is 1. The largest absolute Gasteiger partial charge is 0.586 e. The number of ketones is 1. The van der Waals surface area contributed by atoms with Crippen LogP contribution >= 0.6 is 31.9 Å². The number of benzene rings is 4. The molecule has 4 aromatic carbocycles. The summed E-state index contributed by atoms with van der Waals surface area (Å²) < 4.78 is 84.4. The number of aldehydes is 1. The van der Waals surface area contributed by atoms with Gasteiger partial charge in [0, 0.05) is 52.3 Å². The van der Waals surface area contributed by atoms with Crippen LogP contribution in [0.25, 0.3) is 27.4 Å². The number of fused-ring (bicyclic) bond motifs is 2. The van der Waals surface area contributed by atoms with Gasteiger partial charge in [-0.25, -0.2) is 6.57 Å². The number of hydrogen-bond donors (Lipinski definition) is 2. The summed E-state index contributed by atoms with van der Waals surface area (Å²) in [5.41, 5.74) is 3.23. The van der Waals surface area contributed by atoms with Crippen molar-refractivity contribution in [1.29, 1.82) is 0 Å². The SMILES string of the molecule is COC(=O)C(C)(C)c1cc(-c2ccc(Br)cc2C(=O)C(O)c2ccc3c(c2)OC(F)(F)O3)n(C)n1.O=Cc1ccc2c(c1)OC(F)(F)O2.[C-]#[N+]C(O[Si](C)(C)C)c1cc(Br)ccc1-c1cc(C(C)(C)C(=O)NC)nn1C. The normalized spacial score (nSPS) is 14.7. The zero-order valence-corrected chi connectivity index (χ0v) is 47.0. The summed E-state index contributed by atoms with van der Waals surface area (Å²) in [6.07, 6.45) is -9.26. The topological polar surface area (TPSA) is 196 Å². The van der Waals surface area contributed by atoms with E-state index >= 15 is 0 Å². The Morgan fingerprint density at radius 1 is 0.763 bits per heavy atom. The van der Waals surface area contributed by atoms with Crippen LogP contribution in [-0.2, 0) is 43.7 Å². The molecule has 17 nitrogen and oxygen atoms in total. The second kappa shape index (κ2) is 22.4. The number of nitrogens with zero attached hydrogens (tertiary/aromatic N) is 5. The molecule has 0 spiro atoms. The zero-order valence-electron chi connectivity index (χ0n) is 42.8. The molecule has 2 unspecified atom stereocenters. The van der Waals surface area contributed by atoms with Gasteiger partial charge in [0.05, 0.1) is 40.9 Å². The first kappa shape index (κ1) is 58.3. The molecule has 4 heterocycles. The van der Waals surface area contributed by atoms with Crippen LogP contribution in [0.1, 0.15) is 83.3 Å². The number of nitrogens with one attached hydrogen (secondary N) is 1. The van der Waals surface area contributed by atoms with Gasteiger partial charge in [-0.05, 0) is 120 Å². The molecule has 6 aromatic rings. The number of aryl methyl sites for hydroxylation is 2. The van der Waals surface area contributed by atoms with E-state index in [9.17, 15) is 41.8 Å². The van der Waals surface area contributed by atoms with E-state index in [4.69, 9.17) is 15.7 Å². The van der Waals surface area contributed by atoms with Gasteiger partial charge in [0.15, 0.2) is 37.1 Å². The molecular weight excluding hydrogens is 1150 g/mol. The highest BCUT2D eigenvalue weighted by Gasteiger charge is 2.45. The van der Waals surface area contributed by atoms with Crippen molar-refractivity contribution in [2.24, 2.45) is 14.1 Å². The van der Waals surface area contributed by atoms with E-state index in [0.29, 0.717) is 33.4 Å². The van der Waals surface area contributed by atoms with Crippen molar-refractivity contribution in [3.8, 4) is 45.5 Å². The van der Waals surface area contributed by atoms with Crippen LogP contribution in [0.15, 0.2) is 93.9 Å². The van der Waals surface area contributed by atoms with Gasteiger partial charge in [-0.15, -0.1) is 17.6 Å². The molecule has 402 valence electrons. The van der Waals surface area contributed by atoms with Crippen molar-refractivity contribution in [2.45, 2.75) is 83.1 Å². The summed E-state index contributed by atoms with van der Waals surface area (Å²) in [5, 5.41) is 22.6. The molecule has 0 radical (unpaired) electrons. The van der Waals surface area contributed by atoms with Crippen LogP contribution < -0.4 is 24.3 Å². The van der Waals surface area contributed by atoms with Crippen molar-refractivity contribution in [3.63, 3.8) is 0 Å². The van der Waals surface area contributed by atoms with E-state index in [1.165, 1.54) is 42.1 Å². The summed E-state index contributed by atoms with van der Waals surface area (Å²) in [6.45, 7) is 20.9. The highest BCUT2D eigenvalue weighted by atomic mass is 79.9. The third-order valence-electron chi connectivity index (χ3n) is 11.7. The number of methoxy groups -OCH3 is 1. The Labute approximate surface area is 452 Å². The predicted octanol–water partition coefficient (Wildman–Crippen LogP) is 11.0. The second-order valence-corrected chi connectivity index (χ2v) is 25.5. The first-order chi connectivity index (χ1) is 35.3. The van der Waals surface area contributed by atoms with Gasteiger partial charge in [0.25, 0.3) is 0 Å². The standard InChI is InChI=1S/C24H21BrF2N2O6.C20H27BrN4O2Si.C8H4F2O3/c1-23(2,22(32)33-4)19-11-16(29(3)28-19)14-7-6-13(25)10-15(14)21(31)20(30)12-5-8-17-18(9-12)35-24(26,27)34-17;1-20(2,19(26)23-4)17-12-16(25(5)24-17)14-10-9-13(21)11-15(14)18(22-3)27-28(6,7)8;9-8(10)12-6-2-1-5(4-11)3-7(6)13-8/h5-11,20,30H,1-4H3;9-12,18H,1-2,4-8H3,(H,23,26);1-4H. The van der Waals surface area contributed by atoms with Gasteiger partial charge in [-0.3, -0.25) is 33.4 Å². The van der Waals surface area contributed by atoms with Gasteiger partial charge >= 0.3 is 24.8 Å². The molecule has 8 rings (SSSR count). The fourth-order valence-electron chi connectivity index (χ4n) is 7.72. The van der Waals surface area contributed by atoms with Crippen molar-refractivity contribution >= 4 is 64.1 Å². The summed E-state index contributed by atoms with van der Waals surface area (Å²) in [4.78, 5) is 52.0. The van der Waals surface area contributed by atoms with Crippen LogP contribution in [0, 0.1) is 6.57 Å². The number of likely N-dealkylation sites (N-methyl/N-ethyl adjacent to an activating group) is 1. The minimum Gasteiger partial charge on any atom is -0.468 e. The molecule has 0 bridgehead atoms. The van der Waals surface area contributed by atoms with Gasteiger partial charge in [0.2, 0.25) is 5.91 Å². The molecule has 2 aromatic heterocycles. The Hall–Kier alpha value is -6.91. The summed E-state index contributed by atoms with van der Waals surface area (Å²) in [5.74, 6) is -1.91. The fraction of sp³-hybridized carbons (Fsp3) is 0.327. The van der Waals surface area contributed by atoms with Crippen LogP contribution in [0.2, 0.25) is 19.6 Å². The minimum atomic E-state index is -3.82. The average molecular weight is 1200 g/mol. The van der Waals surface area contributed by atoms with Crippen molar-refractivity contribution in [2.75, 3.05) is 14.2 Å². The second-order valence-electron chi connectivity index (χ2n) is 19.2. The van der Waals surface area contributed by atoms with Crippen LogP contribution in [-0.4, -0.2) is 83.7 Å². The van der Waals surface area contributed by atoms with E-state index in [2.05, 4.69) is 90.8 Å². The van der Waals surface area contributed by atoms with E-state index < -0.39 is 55.8 Å². The molecule has 2 atom stereocenters. The van der Waals surface area contributed by atoms with E-state index in [-0.39, 0.29) is 45.6 Å². The molecular formula is C52H52Br2F4N6O11Si. The van der Waals surface area contributed by atoms with Gasteiger partial charge < -0.3 is 38.5 Å². The van der Waals surface area contributed by atoms with Crippen LogP contribution in [0.4, 0.5) is 17.6 Å². The number of amides is 1. The van der Waals surface area contributed by atoms with Gasteiger partial charge in [0.1, 0.15) is 17.8 Å². The third kappa shape index (κ3) is 13.0. The maximum absolute atomic E-state index is 13.4. The lowest BCUT2D eigenvalue weighted by molar-refractivity contribution is -0.287. The molecule has 1 amide bonds. The number of alkyl halides is 4. The maximum Gasteiger partial charge on any atom is 0.586 e. The molecule has 2 aliphatic heterocycles. The molecule has 0 saturated heterocycles. The zero-order chi connectivity index (χ0) is 56.5. The molecule has 76 heavy (non-hydrogen) atoms. The van der Waals surface area contributed by atoms with Crippen molar-refractivity contribution in [3.05, 3.63) is 139 Å². The number of ether oxygens (including phenoxy) is 5. The van der Waals surface area contributed by atoms with E-state index in [0.717, 1.165) is 27.4 Å².